The van der Waals surface area contributed by atoms with Crippen molar-refractivity contribution in [1.82, 2.24) is 5.32 Å². The van der Waals surface area contributed by atoms with Crippen LogP contribution in [0.1, 0.15) is 42.9 Å². The number of fused-ring (bicyclic) bond motifs is 1. The number of nitrogens with zero attached hydrogens (tertiary/aromatic N) is 1. The highest BCUT2D eigenvalue weighted by Gasteiger charge is 2.43. The summed E-state index contributed by atoms with van der Waals surface area (Å²) in [4.78, 5) is 0. The van der Waals surface area contributed by atoms with Crippen LogP contribution in [-0.2, 0) is 6.42 Å². The molecule has 3 rings (SSSR count). The summed E-state index contributed by atoms with van der Waals surface area (Å²) in [5.74, 6) is 0.958. The number of benzene rings is 1. The highest BCUT2D eigenvalue weighted by molar-refractivity contribution is 5.40. The van der Waals surface area contributed by atoms with Crippen molar-refractivity contribution in [2.45, 2.75) is 38.1 Å². The summed E-state index contributed by atoms with van der Waals surface area (Å²) in [6.45, 7) is 0.689. The number of ether oxygens (including phenoxy) is 1. The van der Waals surface area contributed by atoms with Crippen molar-refractivity contribution in [2.24, 2.45) is 5.41 Å². The molecule has 1 aromatic carbocycles. The Morgan fingerprint density at radius 3 is 3.00 bits per heavy atom. The zero-order chi connectivity index (χ0) is 13.3. The summed E-state index contributed by atoms with van der Waals surface area (Å²) in [5.41, 5.74) is 2.97. The monoisotopic (exact) mass is 256 g/mol. The smallest absolute Gasteiger partial charge is 0.119 e. The Hall–Kier alpha value is -1.53. The Balaban J connectivity index is 1.66. The molecule has 0 heterocycles. The minimum Gasteiger partial charge on any atom is -0.493 e. The number of aryl methyl sites for hydroxylation is 1. The normalized spacial score (nSPS) is 22.6. The maximum atomic E-state index is 8.81. The van der Waals surface area contributed by atoms with Gasteiger partial charge in [-0.25, -0.2) is 0 Å². The second-order valence-corrected chi connectivity index (χ2v) is 5.86. The molecule has 0 bridgehead atoms. The molecule has 1 fully saturated rings. The number of nitrogens with one attached hydrogen (secondary N) is 1. The SMILES string of the molecule is CNC1CCc2cc(OCC3(CC#N)CC3)ccc21. The quantitative estimate of drug-likeness (QED) is 0.881. The Kier molecular flexibility index (Phi) is 3.20. The van der Waals surface area contributed by atoms with Gasteiger partial charge >= 0.3 is 0 Å². The molecule has 1 aromatic rings. The van der Waals surface area contributed by atoms with Gasteiger partial charge in [0, 0.05) is 17.9 Å². The third-order valence-corrected chi connectivity index (χ3v) is 4.50. The molecule has 100 valence electrons. The minimum absolute atomic E-state index is 0.154. The van der Waals surface area contributed by atoms with E-state index in [4.69, 9.17) is 10.00 Å². The van der Waals surface area contributed by atoms with Crippen LogP contribution in [-0.4, -0.2) is 13.7 Å². The molecule has 0 saturated heterocycles. The van der Waals surface area contributed by atoms with Crippen molar-refractivity contribution in [2.75, 3.05) is 13.7 Å². The topological polar surface area (TPSA) is 45.0 Å². The highest BCUT2D eigenvalue weighted by Crippen LogP contribution is 2.48. The maximum Gasteiger partial charge on any atom is 0.119 e. The van der Waals surface area contributed by atoms with Crippen LogP contribution >= 0.6 is 0 Å². The van der Waals surface area contributed by atoms with Gasteiger partial charge < -0.3 is 10.1 Å². The van der Waals surface area contributed by atoms with Crippen LogP contribution in [0.2, 0.25) is 0 Å². The van der Waals surface area contributed by atoms with Gasteiger partial charge in [-0.2, -0.15) is 5.26 Å². The fourth-order valence-corrected chi connectivity index (χ4v) is 2.94. The van der Waals surface area contributed by atoms with Gasteiger partial charge in [0.1, 0.15) is 5.75 Å². The zero-order valence-electron chi connectivity index (χ0n) is 11.4. The van der Waals surface area contributed by atoms with E-state index < -0.39 is 0 Å². The first kappa shape index (κ1) is 12.5. The maximum absolute atomic E-state index is 8.81. The lowest BCUT2D eigenvalue weighted by atomic mass is 10.1. The van der Waals surface area contributed by atoms with E-state index in [0.29, 0.717) is 19.1 Å². The second-order valence-electron chi connectivity index (χ2n) is 5.86. The van der Waals surface area contributed by atoms with Crippen molar-refractivity contribution in [1.29, 1.82) is 5.26 Å². The number of rotatable bonds is 5. The Morgan fingerprint density at radius 1 is 1.47 bits per heavy atom. The Morgan fingerprint density at radius 2 is 2.32 bits per heavy atom. The molecule has 19 heavy (non-hydrogen) atoms. The van der Waals surface area contributed by atoms with Crippen LogP contribution in [0, 0.1) is 16.7 Å². The molecule has 0 radical (unpaired) electrons. The van der Waals surface area contributed by atoms with Crippen molar-refractivity contribution in [3.8, 4) is 11.8 Å². The van der Waals surface area contributed by atoms with E-state index in [2.05, 4.69) is 29.6 Å². The summed E-state index contributed by atoms with van der Waals surface area (Å²) in [5, 5.41) is 12.2. The average Bonchev–Trinajstić information content (AvgIpc) is 3.07. The van der Waals surface area contributed by atoms with Gasteiger partial charge in [-0.05, 0) is 56.0 Å². The molecule has 1 saturated carbocycles. The third-order valence-electron chi connectivity index (χ3n) is 4.50. The first-order valence-electron chi connectivity index (χ1n) is 7.06. The molecule has 0 aliphatic heterocycles. The summed E-state index contributed by atoms with van der Waals surface area (Å²) >= 11 is 0. The molecule has 0 amide bonds. The van der Waals surface area contributed by atoms with Gasteiger partial charge in [0.2, 0.25) is 0 Å². The van der Waals surface area contributed by atoms with E-state index >= 15 is 0 Å². The standard InChI is InChI=1S/C16H20N2O/c1-18-15-5-2-12-10-13(3-4-14(12)15)19-11-16(6-7-16)8-9-17/h3-4,10,15,18H,2,5-8,11H2,1H3. The van der Waals surface area contributed by atoms with E-state index in [0.717, 1.165) is 25.0 Å². The van der Waals surface area contributed by atoms with E-state index in [1.54, 1.807) is 0 Å². The largest absolute Gasteiger partial charge is 0.493 e. The number of hydrogen-bond acceptors (Lipinski definition) is 3. The lowest BCUT2D eigenvalue weighted by Crippen LogP contribution is -2.13. The van der Waals surface area contributed by atoms with E-state index in [1.165, 1.54) is 17.5 Å². The summed E-state index contributed by atoms with van der Waals surface area (Å²) in [6.07, 6.45) is 5.19. The fourth-order valence-electron chi connectivity index (χ4n) is 2.94. The molecular formula is C16H20N2O. The molecule has 0 spiro atoms. The van der Waals surface area contributed by atoms with Crippen molar-refractivity contribution >= 4 is 0 Å². The summed E-state index contributed by atoms with van der Waals surface area (Å²) < 4.78 is 5.91. The zero-order valence-corrected chi connectivity index (χ0v) is 11.4. The lowest BCUT2D eigenvalue weighted by Gasteiger charge is -2.14. The van der Waals surface area contributed by atoms with Gasteiger partial charge in [-0.15, -0.1) is 0 Å². The predicted octanol–water partition coefficient (Wildman–Crippen LogP) is 2.97. The molecule has 2 aliphatic rings. The van der Waals surface area contributed by atoms with E-state index in [1.807, 2.05) is 7.05 Å². The Labute approximate surface area is 114 Å². The van der Waals surface area contributed by atoms with Gasteiger partial charge in [0.25, 0.3) is 0 Å². The van der Waals surface area contributed by atoms with E-state index in [9.17, 15) is 0 Å². The first-order chi connectivity index (χ1) is 9.26. The molecule has 1 atom stereocenters. The van der Waals surface area contributed by atoms with Gasteiger partial charge in [-0.1, -0.05) is 6.07 Å². The predicted molar refractivity (Wildman–Crippen MR) is 74.0 cm³/mol. The van der Waals surface area contributed by atoms with Crippen LogP contribution in [0.15, 0.2) is 18.2 Å². The van der Waals surface area contributed by atoms with Crippen molar-refractivity contribution in [3.05, 3.63) is 29.3 Å². The lowest BCUT2D eigenvalue weighted by molar-refractivity contribution is 0.236. The van der Waals surface area contributed by atoms with Crippen molar-refractivity contribution in [3.63, 3.8) is 0 Å². The van der Waals surface area contributed by atoms with Gasteiger partial charge in [0.05, 0.1) is 12.7 Å². The summed E-state index contributed by atoms with van der Waals surface area (Å²) in [6, 6.07) is 9.20. The fraction of sp³-hybridized carbons (Fsp3) is 0.562. The van der Waals surface area contributed by atoms with Crippen LogP contribution in [0.4, 0.5) is 0 Å². The second kappa shape index (κ2) is 4.86. The molecule has 1 unspecified atom stereocenters. The number of hydrogen-bond donors (Lipinski definition) is 1. The Bertz CT molecular complexity index is 514. The van der Waals surface area contributed by atoms with Crippen LogP contribution in [0.5, 0.6) is 5.75 Å². The molecular weight excluding hydrogens is 236 g/mol. The number of nitriles is 1. The highest BCUT2D eigenvalue weighted by atomic mass is 16.5. The molecule has 0 aromatic heterocycles. The third kappa shape index (κ3) is 2.46. The molecule has 3 nitrogen and oxygen atoms in total. The van der Waals surface area contributed by atoms with Crippen LogP contribution in [0.3, 0.4) is 0 Å². The van der Waals surface area contributed by atoms with Crippen LogP contribution < -0.4 is 10.1 Å². The van der Waals surface area contributed by atoms with Gasteiger partial charge in [0.15, 0.2) is 0 Å². The molecule has 1 N–H and O–H groups in total. The average molecular weight is 256 g/mol. The molecule has 3 heteroatoms. The minimum atomic E-state index is 0.154. The van der Waals surface area contributed by atoms with Crippen LogP contribution in [0.25, 0.3) is 0 Å². The van der Waals surface area contributed by atoms with Crippen molar-refractivity contribution < 1.29 is 4.74 Å². The molecule has 2 aliphatic carbocycles. The first-order valence-corrected chi connectivity index (χ1v) is 7.06. The summed E-state index contributed by atoms with van der Waals surface area (Å²) in [7, 11) is 2.02. The van der Waals surface area contributed by atoms with E-state index in [-0.39, 0.29) is 5.41 Å². The van der Waals surface area contributed by atoms with Gasteiger partial charge in [-0.3, -0.25) is 0 Å².